The third-order valence-corrected chi connectivity index (χ3v) is 5.47. The highest BCUT2D eigenvalue weighted by Crippen LogP contribution is 2.25. The van der Waals surface area contributed by atoms with Crippen molar-refractivity contribution in [3.63, 3.8) is 0 Å². The molecule has 0 bridgehead atoms. The molecule has 0 saturated carbocycles. The van der Waals surface area contributed by atoms with Crippen LogP contribution >= 0.6 is 0 Å². The Morgan fingerprint density at radius 2 is 1.68 bits per heavy atom. The van der Waals surface area contributed by atoms with Gasteiger partial charge in [0, 0.05) is 47.3 Å². The van der Waals surface area contributed by atoms with E-state index in [0.717, 1.165) is 10.9 Å². The molecule has 0 atom stereocenters. The van der Waals surface area contributed by atoms with Crippen molar-refractivity contribution >= 4 is 33.4 Å². The van der Waals surface area contributed by atoms with E-state index in [1.54, 1.807) is 28.8 Å². The summed E-state index contributed by atoms with van der Waals surface area (Å²) in [6, 6.07) is 20.0. The Labute approximate surface area is 177 Å². The van der Waals surface area contributed by atoms with E-state index in [2.05, 4.69) is 5.32 Å². The molecule has 0 aliphatic rings. The van der Waals surface area contributed by atoms with Gasteiger partial charge in [-0.3, -0.25) is 4.79 Å². The first-order valence-corrected chi connectivity index (χ1v) is 9.87. The highest BCUT2D eigenvalue weighted by molar-refractivity contribution is 6.07. The van der Waals surface area contributed by atoms with Crippen molar-refractivity contribution in [2.24, 2.45) is 7.05 Å². The second kappa shape index (κ2) is 7.40. The van der Waals surface area contributed by atoms with Gasteiger partial charge in [-0.15, -0.1) is 0 Å². The van der Waals surface area contributed by atoms with Crippen LogP contribution in [-0.4, -0.2) is 15.0 Å². The summed E-state index contributed by atoms with van der Waals surface area (Å²) >= 11 is 0. The number of carbonyl (C=O) groups excluding carboxylic acids is 1. The van der Waals surface area contributed by atoms with E-state index in [0.29, 0.717) is 27.8 Å². The van der Waals surface area contributed by atoms with Crippen LogP contribution in [0.1, 0.15) is 16.1 Å². The number of hydrogen-bond donors (Lipinski definition) is 1. The van der Waals surface area contributed by atoms with E-state index in [4.69, 9.17) is 0 Å². The highest BCUT2D eigenvalue weighted by Gasteiger charge is 2.17. The fourth-order valence-corrected chi connectivity index (χ4v) is 3.97. The Hall–Kier alpha value is -3.93. The number of aryl methyl sites for hydroxylation is 1. The normalized spacial score (nSPS) is 11.3. The zero-order chi connectivity index (χ0) is 21.5. The molecule has 154 valence electrons. The lowest BCUT2D eigenvalue weighted by molar-refractivity contribution is 0.101. The highest BCUT2D eigenvalue weighted by atomic mass is 19.1. The largest absolute Gasteiger partial charge is 0.351 e. The molecule has 1 amide bonds. The predicted octanol–water partition coefficient (Wildman–Crippen LogP) is 5.71. The number of nitrogens with zero attached hydrogens (tertiary/aromatic N) is 2. The molecule has 5 aromatic rings. The van der Waals surface area contributed by atoms with Crippen molar-refractivity contribution in [3.8, 4) is 0 Å². The second-order valence-electron chi connectivity index (χ2n) is 7.60. The van der Waals surface area contributed by atoms with Gasteiger partial charge in [0.1, 0.15) is 17.3 Å². The van der Waals surface area contributed by atoms with Gasteiger partial charge in [0.05, 0.1) is 0 Å². The van der Waals surface area contributed by atoms with Crippen LogP contribution < -0.4 is 5.32 Å². The number of nitrogens with one attached hydrogen (secondary N) is 1. The maximum atomic E-state index is 13.8. The first-order valence-electron chi connectivity index (χ1n) is 9.87. The Balaban J connectivity index is 1.54. The van der Waals surface area contributed by atoms with Crippen molar-refractivity contribution in [1.29, 1.82) is 0 Å². The molecule has 0 aliphatic heterocycles. The lowest BCUT2D eigenvalue weighted by atomic mass is 10.2. The van der Waals surface area contributed by atoms with E-state index in [9.17, 15) is 13.6 Å². The zero-order valence-electron chi connectivity index (χ0n) is 16.8. The molecule has 31 heavy (non-hydrogen) atoms. The van der Waals surface area contributed by atoms with Crippen LogP contribution in [0, 0.1) is 11.6 Å². The van der Waals surface area contributed by atoms with Gasteiger partial charge in [0.25, 0.3) is 5.91 Å². The summed E-state index contributed by atoms with van der Waals surface area (Å²) in [5.74, 6) is -1.04. The van der Waals surface area contributed by atoms with Gasteiger partial charge in [-0.25, -0.2) is 8.78 Å². The topological polar surface area (TPSA) is 39.0 Å². The smallest absolute Gasteiger partial charge is 0.272 e. The molecule has 4 nitrogen and oxygen atoms in total. The fourth-order valence-electron chi connectivity index (χ4n) is 3.97. The van der Waals surface area contributed by atoms with Crippen LogP contribution in [0.5, 0.6) is 0 Å². The summed E-state index contributed by atoms with van der Waals surface area (Å²) in [4.78, 5) is 13.2. The molecule has 6 heteroatoms. The predicted molar refractivity (Wildman–Crippen MR) is 118 cm³/mol. The minimum Gasteiger partial charge on any atom is -0.351 e. The number of halogens is 2. The van der Waals surface area contributed by atoms with Crippen LogP contribution in [0.4, 0.5) is 14.5 Å². The Bertz CT molecular complexity index is 1450. The number of rotatable bonds is 4. The third kappa shape index (κ3) is 3.57. The molecule has 0 radical (unpaired) electrons. The number of aromatic nitrogens is 2. The van der Waals surface area contributed by atoms with E-state index in [1.165, 1.54) is 24.3 Å². The van der Waals surface area contributed by atoms with Crippen LogP contribution in [0.2, 0.25) is 0 Å². The zero-order valence-corrected chi connectivity index (χ0v) is 16.8. The summed E-state index contributed by atoms with van der Waals surface area (Å²) in [7, 11) is 1.96. The van der Waals surface area contributed by atoms with Gasteiger partial charge >= 0.3 is 0 Å². The molecule has 5 rings (SSSR count). The molecular weight excluding hydrogens is 396 g/mol. The summed E-state index contributed by atoms with van der Waals surface area (Å²) in [6.07, 6.45) is 1.96. The molecule has 3 aromatic carbocycles. The number of carbonyl (C=O) groups is 1. The van der Waals surface area contributed by atoms with Gasteiger partial charge in [-0.05, 0) is 66.2 Å². The lowest BCUT2D eigenvalue weighted by Gasteiger charge is -2.12. The van der Waals surface area contributed by atoms with Gasteiger partial charge in [-0.2, -0.15) is 0 Å². The summed E-state index contributed by atoms with van der Waals surface area (Å²) in [5, 5.41) is 4.56. The SMILES string of the molecule is Cn1ccc2cc(NC(=O)c3cc4cc(F)ccc4n3Cc3cccc(F)c3)ccc21. The Kier molecular flexibility index (Phi) is 4.55. The van der Waals surface area contributed by atoms with Gasteiger partial charge in [0.15, 0.2) is 0 Å². The van der Waals surface area contributed by atoms with Crippen molar-refractivity contribution in [3.05, 3.63) is 102 Å². The van der Waals surface area contributed by atoms with Crippen LogP contribution in [0.3, 0.4) is 0 Å². The molecule has 0 spiro atoms. The molecule has 0 fully saturated rings. The fraction of sp³-hybridized carbons (Fsp3) is 0.0800. The van der Waals surface area contributed by atoms with E-state index in [1.807, 2.05) is 42.1 Å². The minimum absolute atomic E-state index is 0.285. The second-order valence-corrected chi connectivity index (χ2v) is 7.60. The molecule has 2 heterocycles. The number of fused-ring (bicyclic) bond motifs is 2. The molecule has 0 saturated heterocycles. The number of benzene rings is 3. The van der Waals surface area contributed by atoms with Crippen molar-refractivity contribution in [2.45, 2.75) is 6.54 Å². The Morgan fingerprint density at radius 3 is 2.52 bits per heavy atom. The third-order valence-electron chi connectivity index (χ3n) is 5.47. The summed E-state index contributed by atoms with van der Waals surface area (Å²) in [5.41, 5.74) is 3.51. The van der Waals surface area contributed by atoms with Crippen LogP contribution in [-0.2, 0) is 13.6 Å². The van der Waals surface area contributed by atoms with E-state index in [-0.39, 0.29) is 24.1 Å². The van der Waals surface area contributed by atoms with Crippen molar-refractivity contribution in [2.75, 3.05) is 5.32 Å². The monoisotopic (exact) mass is 415 g/mol. The minimum atomic E-state index is -0.378. The lowest BCUT2D eigenvalue weighted by Crippen LogP contribution is -2.17. The average molecular weight is 415 g/mol. The average Bonchev–Trinajstić information content (AvgIpc) is 3.28. The maximum absolute atomic E-state index is 13.8. The first-order chi connectivity index (χ1) is 15.0. The molecule has 0 aliphatic carbocycles. The molecular formula is C25H19F2N3O. The Morgan fingerprint density at radius 1 is 0.871 bits per heavy atom. The maximum Gasteiger partial charge on any atom is 0.272 e. The van der Waals surface area contributed by atoms with Crippen LogP contribution in [0.15, 0.2) is 79.0 Å². The van der Waals surface area contributed by atoms with Gasteiger partial charge < -0.3 is 14.5 Å². The standard InChI is InChI=1S/C25H19F2N3O/c1-29-10-9-17-13-21(6-8-22(17)29)28-25(31)24-14-18-12-20(27)5-7-23(18)30(24)15-16-3-2-4-19(26)11-16/h2-14H,15H2,1H3,(H,28,31). The summed E-state index contributed by atoms with van der Waals surface area (Å²) < 4.78 is 31.3. The number of hydrogen-bond acceptors (Lipinski definition) is 1. The number of amides is 1. The van der Waals surface area contributed by atoms with E-state index < -0.39 is 0 Å². The summed E-state index contributed by atoms with van der Waals surface area (Å²) in [6.45, 7) is 0.285. The first kappa shape index (κ1) is 19.1. The molecule has 0 unspecified atom stereocenters. The molecule has 1 N–H and O–H groups in total. The van der Waals surface area contributed by atoms with Gasteiger partial charge in [-0.1, -0.05) is 12.1 Å². The van der Waals surface area contributed by atoms with Crippen molar-refractivity contribution in [1.82, 2.24) is 9.13 Å². The van der Waals surface area contributed by atoms with Gasteiger partial charge in [0.2, 0.25) is 0 Å². The van der Waals surface area contributed by atoms with E-state index >= 15 is 0 Å². The molecule has 2 aromatic heterocycles. The quantitative estimate of drug-likeness (QED) is 0.401. The number of anilines is 1. The van der Waals surface area contributed by atoms with Crippen LogP contribution in [0.25, 0.3) is 21.8 Å². The van der Waals surface area contributed by atoms with Crippen molar-refractivity contribution < 1.29 is 13.6 Å².